The number of ether oxygens (including phenoxy) is 1. The standard InChI is InChI=1S/C22H16Br2N2O3/c1-12-6-7-18-17(8-12)26-22(29-18)13-4-3-5-14(9-13)25-11-15-20(24)16(23)10-19(28-2)21(15)27/h3-11,27H,1-2H3. The molecule has 1 heterocycles. The van der Waals surface area contributed by atoms with E-state index in [4.69, 9.17) is 9.15 Å². The lowest BCUT2D eigenvalue weighted by Gasteiger charge is -2.09. The van der Waals surface area contributed by atoms with Gasteiger partial charge in [-0.25, -0.2) is 4.98 Å². The SMILES string of the molecule is COc1cc(Br)c(Br)c(C=Nc2cccc(-c3nc4cc(C)ccc4o3)c2)c1O. The van der Waals surface area contributed by atoms with Gasteiger partial charge in [-0.1, -0.05) is 12.1 Å². The molecule has 29 heavy (non-hydrogen) atoms. The van der Waals surface area contributed by atoms with Gasteiger partial charge in [-0.05, 0) is 80.7 Å². The van der Waals surface area contributed by atoms with Gasteiger partial charge in [0.2, 0.25) is 5.89 Å². The number of nitrogens with zero attached hydrogens (tertiary/aromatic N) is 2. The fourth-order valence-electron chi connectivity index (χ4n) is 2.90. The number of hydrogen-bond acceptors (Lipinski definition) is 5. The molecule has 4 aromatic rings. The number of hydrogen-bond donors (Lipinski definition) is 1. The Balaban J connectivity index is 1.70. The van der Waals surface area contributed by atoms with E-state index in [1.54, 1.807) is 12.3 Å². The van der Waals surface area contributed by atoms with Crippen LogP contribution in [0, 0.1) is 6.92 Å². The molecule has 0 aliphatic carbocycles. The molecule has 0 aliphatic heterocycles. The summed E-state index contributed by atoms with van der Waals surface area (Å²) in [6, 6.07) is 15.2. The number of methoxy groups -OCH3 is 1. The maximum absolute atomic E-state index is 10.4. The largest absolute Gasteiger partial charge is 0.504 e. The van der Waals surface area contributed by atoms with Crippen LogP contribution in [0.15, 0.2) is 66.9 Å². The van der Waals surface area contributed by atoms with Crippen molar-refractivity contribution >= 4 is 54.9 Å². The van der Waals surface area contributed by atoms with Crippen molar-refractivity contribution in [3.63, 3.8) is 0 Å². The van der Waals surface area contributed by atoms with Crippen molar-refractivity contribution in [3.8, 4) is 23.0 Å². The lowest BCUT2D eigenvalue weighted by Crippen LogP contribution is -1.91. The lowest BCUT2D eigenvalue weighted by atomic mass is 10.2. The van der Waals surface area contributed by atoms with Crippen molar-refractivity contribution in [3.05, 3.63) is 68.6 Å². The molecule has 1 N–H and O–H groups in total. The normalized spacial score (nSPS) is 11.4. The third-order valence-corrected chi connectivity index (χ3v) is 6.40. The second-order valence-corrected chi connectivity index (χ2v) is 8.08. The van der Waals surface area contributed by atoms with Crippen LogP contribution in [0.4, 0.5) is 5.69 Å². The highest BCUT2D eigenvalue weighted by molar-refractivity contribution is 9.13. The van der Waals surface area contributed by atoms with E-state index in [1.807, 2.05) is 49.4 Å². The van der Waals surface area contributed by atoms with Crippen molar-refractivity contribution in [2.75, 3.05) is 7.11 Å². The summed E-state index contributed by atoms with van der Waals surface area (Å²) in [5.74, 6) is 0.907. The first kappa shape index (κ1) is 19.7. The molecule has 0 saturated heterocycles. The summed E-state index contributed by atoms with van der Waals surface area (Å²) < 4.78 is 12.5. The van der Waals surface area contributed by atoms with E-state index in [2.05, 4.69) is 41.8 Å². The Kier molecular flexibility index (Phi) is 5.43. The number of rotatable bonds is 4. The molecule has 4 rings (SSSR count). The maximum Gasteiger partial charge on any atom is 0.227 e. The zero-order valence-corrected chi connectivity index (χ0v) is 18.8. The van der Waals surface area contributed by atoms with Crippen LogP contribution in [-0.4, -0.2) is 23.4 Å². The predicted molar refractivity (Wildman–Crippen MR) is 121 cm³/mol. The van der Waals surface area contributed by atoms with Gasteiger partial charge in [0.05, 0.1) is 18.4 Å². The molecule has 5 nitrogen and oxygen atoms in total. The molecule has 0 unspecified atom stereocenters. The quantitative estimate of drug-likeness (QED) is 0.304. The summed E-state index contributed by atoms with van der Waals surface area (Å²) in [6.07, 6.45) is 1.58. The van der Waals surface area contributed by atoms with Crippen LogP contribution in [0.2, 0.25) is 0 Å². The smallest absolute Gasteiger partial charge is 0.227 e. The highest BCUT2D eigenvalue weighted by atomic mass is 79.9. The van der Waals surface area contributed by atoms with Crippen molar-refractivity contribution in [2.24, 2.45) is 4.99 Å². The molecule has 0 atom stereocenters. The Morgan fingerprint density at radius 3 is 2.76 bits per heavy atom. The van der Waals surface area contributed by atoms with E-state index in [1.165, 1.54) is 7.11 Å². The molecule has 146 valence electrons. The minimum atomic E-state index is 0.0109. The number of aromatic hydroxyl groups is 1. The summed E-state index contributed by atoms with van der Waals surface area (Å²) in [5.41, 5.74) is 4.73. The summed E-state index contributed by atoms with van der Waals surface area (Å²) in [7, 11) is 1.50. The number of halogens is 2. The van der Waals surface area contributed by atoms with E-state index >= 15 is 0 Å². The van der Waals surface area contributed by atoms with E-state index in [0.717, 1.165) is 26.7 Å². The summed E-state index contributed by atoms with van der Waals surface area (Å²) >= 11 is 6.91. The number of oxazole rings is 1. The van der Waals surface area contributed by atoms with Gasteiger partial charge in [0.15, 0.2) is 17.1 Å². The van der Waals surface area contributed by atoms with E-state index in [-0.39, 0.29) is 5.75 Å². The Morgan fingerprint density at radius 1 is 1.14 bits per heavy atom. The highest BCUT2D eigenvalue weighted by Crippen LogP contribution is 2.39. The zero-order valence-electron chi connectivity index (χ0n) is 15.6. The average molecular weight is 516 g/mol. The van der Waals surface area contributed by atoms with Crippen molar-refractivity contribution in [1.29, 1.82) is 0 Å². The first-order valence-corrected chi connectivity index (χ1v) is 10.3. The van der Waals surface area contributed by atoms with Gasteiger partial charge in [0.1, 0.15) is 5.52 Å². The number of phenolic OH excluding ortho intramolecular Hbond substituents is 1. The second kappa shape index (κ2) is 8.00. The molecule has 7 heteroatoms. The van der Waals surface area contributed by atoms with Gasteiger partial charge in [0, 0.05) is 20.7 Å². The van der Waals surface area contributed by atoms with Crippen LogP contribution >= 0.6 is 31.9 Å². The molecular formula is C22H16Br2N2O3. The topological polar surface area (TPSA) is 67.9 Å². The molecule has 0 amide bonds. The van der Waals surface area contributed by atoms with Gasteiger partial charge < -0.3 is 14.3 Å². The fourth-order valence-corrected chi connectivity index (χ4v) is 3.73. The number of aryl methyl sites for hydroxylation is 1. The molecule has 0 aliphatic rings. The van der Waals surface area contributed by atoms with Gasteiger partial charge in [-0.15, -0.1) is 0 Å². The second-order valence-electron chi connectivity index (χ2n) is 6.44. The van der Waals surface area contributed by atoms with Crippen molar-refractivity contribution < 1.29 is 14.3 Å². The van der Waals surface area contributed by atoms with Crippen LogP contribution < -0.4 is 4.74 Å². The van der Waals surface area contributed by atoms with E-state index in [9.17, 15) is 5.11 Å². The van der Waals surface area contributed by atoms with Gasteiger partial charge >= 0.3 is 0 Å². The average Bonchev–Trinajstić information content (AvgIpc) is 3.14. The van der Waals surface area contributed by atoms with Gasteiger partial charge in [-0.2, -0.15) is 0 Å². The number of aliphatic imine (C=N–C) groups is 1. The zero-order chi connectivity index (χ0) is 20.5. The van der Waals surface area contributed by atoms with E-state index < -0.39 is 0 Å². The molecule has 3 aromatic carbocycles. The minimum Gasteiger partial charge on any atom is -0.504 e. The van der Waals surface area contributed by atoms with Gasteiger partial charge in [0.25, 0.3) is 0 Å². The molecule has 0 spiro atoms. The number of phenols is 1. The first-order chi connectivity index (χ1) is 14.0. The van der Waals surface area contributed by atoms with Crippen LogP contribution in [0.5, 0.6) is 11.5 Å². The maximum atomic E-state index is 10.4. The number of fused-ring (bicyclic) bond motifs is 1. The summed E-state index contributed by atoms with van der Waals surface area (Å²) in [6.45, 7) is 2.02. The number of benzene rings is 3. The van der Waals surface area contributed by atoms with Crippen LogP contribution in [0.1, 0.15) is 11.1 Å². The highest BCUT2D eigenvalue weighted by Gasteiger charge is 2.14. The number of aromatic nitrogens is 1. The first-order valence-electron chi connectivity index (χ1n) is 8.73. The molecular weight excluding hydrogens is 500 g/mol. The van der Waals surface area contributed by atoms with Crippen LogP contribution in [-0.2, 0) is 0 Å². The fraction of sp³-hybridized carbons (Fsp3) is 0.0909. The van der Waals surface area contributed by atoms with Gasteiger partial charge in [-0.3, -0.25) is 4.99 Å². The Hall–Kier alpha value is -2.64. The van der Waals surface area contributed by atoms with Crippen molar-refractivity contribution in [2.45, 2.75) is 6.92 Å². The summed E-state index contributed by atoms with van der Waals surface area (Å²) in [5, 5.41) is 10.4. The molecule has 0 bridgehead atoms. The predicted octanol–water partition coefficient (Wildman–Crippen LogP) is 6.79. The Bertz CT molecular complexity index is 1250. The monoisotopic (exact) mass is 514 g/mol. The third-order valence-electron chi connectivity index (χ3n) is 4.39. The van der Waals surface area contributed by atoms with Crippen LogP contribution in [0.3, 0.4) is 0 Å². The van der Waals surface area contributed by atoms with Crippen molar-refractivity contribution in [1.82, 2.24) is 4.98 Å². The van der Waals surface area contributed by atoms with E-state index in [0.29, 0.717) is 27.4 Å². The Labute approximate surface area is 184 Å². The molecule has 0 saturated carbocycles. The Morgan fingerprint density at radius 2 is 1.97 bits per heavy atom. The third kappa shape index (κ3) is 3.93. The molecule has 0 fully saturated rings. The lowest BCUT2D eigenvalue weighted by molar-refractivity contribution is 0.372. The minimum absolute atomic E-state index is 0.0109. The summed E-state index contributed by atoms with van der Waals surface area (Å²) in [4.78, 5) is 9.08. The molecule has 1 aromatic heterocycles. The molecule has 0 radical (unpaired) electrons. The van der Waals surface area contributed by atoms with Crippen LogP contribution in [0.25, 0.3) is 22.6 Å².